The third-order valence-electron chi connectivity index (χ3n) is 4.05. The quantitative estimate of drug-likeness (QED) is 0.687. The summed E-state index contributed by atoms with van der Waals surface area (Å²) >= 11 is 0. The van der Waals surface area contributed by atoms with Crippen LogP contribution in [0.5, 0.6) is 0 Å². The van der Waals surface area contributed by atoms with Crippen LogP contribution in [0.3, 0.4) is 0 Å². The van der Waals surface area contributed by atoms with Crippen molar-refractivity contribution in [3.8, 4) is 0 Å². The van der Waals surface area contributed by atoms with Crippen molar-refractivity contribution >= 4 is 5.78 Å². The molecule has 2 heteroatoms. The number of rotatable bonds is 3. The second-order valence-corrected chi connectivity index (χ2v) is 4.93. The summed E-state index contributed by atoms with van der Waals surface area (Å²) < 4.78 is 0. The highest BCUT2D eigenvalue weighted by Crippen LogP contribution is 2.41. The molecule has 4 aliphatic rings. The molecule has 3 fully saturated rings. The molecule has 3 unspecified atom stereocenters. The summed E-state index contributed by atoms with van der Waals surface area (Å²) in [5.74, 6) is 1.55. The number of hydrogen-bond donors (Lipinski definition) is 1. The fourth-order valence-corrected chi connectivity index (χ4v) is 3.20. The van der Waals surface area contributed by atoms with Crippen LogP contribution in [0.15, 0.2) is 11.6 Å². The minimum Gasteiger partial charge on any atom is -0.313 e. The van der Waals surface area contributed by atoms with Gasteiger partial charge in [-0.3, -0.25) is 4.79 Å². The van der Waals surface area contributed by atoms with E-state index in [9.17, 15) is 4.79 Å². The maximum absolute atomic E-state index is 12.0. The second-order valence-electron chi connectivity index (χ2n) is 4.93. The standard InChI is InChI=1S/C12H17NO/c14-11(5-8-3-1-2-4-8)12-9-6-10(12)13-7-9/h3,9-10,12-13H,1-2,4-7H2. The molecule has 76 valence electrons. The van der Waals surface area contributed by atoms with Crippen LogP contribution < -0.4 is 5.32 Å². The molecular formula is C12H17NO. The predicted molar refractivity (Wildman–Crippen MR) is 54.9 cm³/mol. The van der Waals surface area contributed by atoms with Crippen molar-refractivity contribution in [2.24, 2.45) is 11.8 Å². The van der Waals surface area contributed by atoms with E-state index in [0.717, 1.165) is 13.0 Å². The largest absolute Gasteiger partial charge is 0.313 e. The van der Waals surface area contributed by atoms with Gasteiger partial charge >= 0.3 is 0 Å². The lowest BCUT2D eigenvalue weighted by Crippen LogP contribution is -2.42. The van der Waals surface area contributed by atoms with Crippen LogP contribution in [-0.2, 0) is 4.79 Å². The zero-order valence-electron chi connectivity index (χ0n) is 8.46. The van der Waals surface area contributed by atoms with Crippen molar-refractivity contribution < 1.29 is 4.79 Å². The summed E-state index contributed by atoms with van der Waals surface area (Å²) in [7, 11) is 0. The molecule has 2 bridgehead atoms. The van der Waals surface area contributed by atoms with E-state index in [4.69, 9.17) is 0 Å². The number of allylic oxidation sites excluding steroid dienone is 2. The van der Waals surface area contributed by atoms with Gasteiger partial charge in [-0.25, -0.2) is 0 Å². The van der Waals surface area contributed by atoms with Crippen molar-refractivity contribution in [1.82, 2.24) is 5.32 Å². The maximum atomic E-state index is 12.0. The van der Waals surface area contributed by atoms with Gasteiger partial charge in [0.1, 0.15) is 5.78 Å². The number of carbonyl (C=O) groups is 1. The van der Waals surface area contributed by atoms with E-state index >= 15 is 0 Å². The molecule has 2 heterocycles. The van der Waals surface area contributed by atoms with E-state index in [1.807, 2.05) is 0 Å². The van der Waals surface area contributed by atoms with Crippen LogP contribution in [-0.4, -0.2) is 18.4 Å². The second kappa shape index (κ2) is 3.20. The minimum atomic E-state index is 0.372. The maximum Gasteiger partial charge on any atom is 0.141 e. The molecule has 2 aliphatic carbocycles. The van der Waals surface area contributed by atoms with Crippen molar-refractivity contribution in [2.45, 2.75) is 38.1 Å². The van der Waals surface area contributed by atoms with Crippen molar-refractivity contribution in [3.05, 3.63) is 11.6 Å². The van der Waals surface area contributed by atoms with E-state index < -0.39 is 0 Å². The molecule has 0 aromatic rings. The molecule has 0 radical (unpaired) electrons. The highest BCUT2D eigenvalue weighted by molar-refractivity contribution is 5.85. The molecule has 14 heavy (non-hydrogen) atoms. The summed E-state index contributed by atoms with van der Waals surface area (Å²) in [6.45, 7) is 1.08. The summed E-state index contributed by atoms with van der Waals surface area (Å²) in [5.41, 5.74) is 1.40. The topological polar surface area (TPSA) is 29.1 Å². The average molecular weight is 191 g/mol. The Morgan fingerprint density at radius 2 is 2.50 bits per heavy atom. The third-order valence-corrected chi connectivity index (χ3v) is 4.05. The highest BCUT2D eigenvalue weighted by atomic mass is 16.1. The van der Waals surface area contributed by atoms with Gasteiger partial charge in [0, 0.05) is 18.4 Å². The molecular weight excluding hydrogens is 174 g/mol. The Morgan fingerprint density at radius 1 is 1.57 bits per heavy atom. The van der Waals surface area contributed by atoms with Crippen LogP contribution in [0.25, 0.3) is 0 Å². The van der Waals surface area contributed by atoms with Crippen molar-refractivity contribution in [1.29, 1.82) is 0 Å². The van der Waals surface area contributed by atoms with Gasteiger partial charge in [-0.15, -0.1) is 0 Å². The first-order valence-corrected chi connectivity index (χ1v) is 5.78. The number of nitrogens with one attached hydrogen (secondary N) is 1. The van der Waals surface area contributed by atoms with Crippen LogP contribution in [0, 0.1) is 11.8 Å². The molecule has 3 atom stereocenters. The molecule has 2 aliphatic heterocycles. The van der Waals surface area contributed by atoms with E-state index in [2.05, 4.69) is 11.4 Å². The van der Waals surface area contributed by atoms with Gasteiger partial charge in [0.25, 0.3) is 0 Å². The van der Waals surface area contributed by atoms with E-state index in [0.29, 0.717) is 23.7 Å². The lowest BCUT2D eigenvalue weighted by atomic mass is 9.70. The molecule has 2 saturated heterocycles. The highest BCUT2D eigenvalue weighted by Gasteiger charge is 2.49. The van der Waals surface area contributed by atoms with Gasteiger partial charge in [-0.05, 0) is 38.1 Å². The first-order chi connectivity index (χ1) is 6.84. The molecule has 2 nitrogen and oxygen atoms in total. The van der Waals surface area contributed by atoms with Crippen molar-refractivity contribution in [3.63, 3.8) is 0 Å². The molecule has 0 aromatic heterocycles. The SMILES string of the molecule is O=C(CC1=CCCC1)C1C2CNC1C2. The van der Waals surface area contributed by atoms with Gasteiger partial charge in [0.05, 0.1) is 0 Å². The first-order valence-electron chi connectivity index (χ1n) is 5.78. The summed E-state index contributed by atoms with van der Waals surface area (Å²) in [4.78, 5) is 12.0. The van der Waals surface area contributed by atoms with E-state index in [1.165, 1.54) is 31.3 Å². The van der Waals surface area contributed by atoms with Crippen LogP contribution in [0.2, 0.25) is 0 Å². The Hall–Kier alpha value is -0.630. The number of Topliss-reactive ketones (excluding diaryl/α,β-unsaturated/α-hetero) is 1. The Kier molecular flexibility index (Phi) is 1.98. The Morgan fingerprint density at radius 3 is 3.07 bits per heavy atom. The summed E-state index contributed by atoms with van der Waals surface area (Å²) in [5, 5.41) is 3.41. The minimum absolute atomic E-state index is 0.372. The number of hydrogen-bond acceptors (Lipinski definition) is 2. The fraction of sp³-hybridized carbons (Fsp3) is 0.750. The zero-order valence-corrected chi connectivity index (χ0v) is 8.46. The third kappa shape index (κ3) is 1.24. The lowest BCUT2D eigenvalue weighted by molar-refractivity contribution is -0.126. The Bertz CT molecular complexity index is 281. The number of ketones is 1. The van der Waals surface area contributed by atoms with E-state index in [1.54, 1.807) is 0 Å². The predicted octanol–water partition coefficient (Wildman–Crippen LogP) is 1.66. The number of carbonyl (C=O) groups excluding carboxylic acids is 1. The first kappa shape index (κ1) is 8.66. The molecule has 0 spiro atoms. The monoisotopic (exact) mass is 191 g/mol. The Balaban J connectivity index is 1.61. The molecule has 1 N–H and O–H groups in total. The molecule has 0 amide bonds. The average Bonchev–Trinajstić information content (AvgIpc) is 2.77. The van der Waals surface area contributed by atoms with Gasteiger partial charge in [0.15, 0.2) is 0 Å². The van der Waals surface area contributed by atoms with Crippen LogP contribution in [0.4, 0.5) is 0 Å². The molecule has 4 rings (SSSR count). The molecule has 1 saturated carbocycles. The normalized spacial score (nSPS) is 39.4. The lowest BCUT2D eigenvalue weighted by Gasteiger charge is -2.33. The van der Waals surface area contributed by atoms with Crippen LogP contribution in [0.1, 0.15) is 32.1 Å². The summed E-state index contributed by atoms with van der Waals surface area (Å²) in [6.07, 6.45) is 7.89. The van der Waals surface area contributed by atoms with E-state index in [-0.39, 0.29) is 0 Å². The number of fused-ring (bicyclic) bond motifs is 1. The van der Waals surface area contributed by atoms with Gasteiger partial charge in [-0.2, -0.15) is 0 Å². The smallest absolute Gasteiger partial charge is 0.141 e. The van der Waals surface area contributed by atoms with Gasteiger partial charge in [-0.1, -0.05) is 11.6 Å². The molecule has 0 aromatic carbocycles. The Labute approximate surface area is 84.8 Å². The fourth-order valence-electron chi connectivity index (χ4n) is 3.20. The van der Waals surface area contributed by atoms with Gasteiger partial charge < -0.3 is 5.32 Å². The zero-order chi connectivity index (χ0) is 9.54. The van der Waals surface area contributed by atoms with Crippen LogP contribution >= 0.6 is 0 Å². The van der Waals surface area contributed by atoms with Crippen molar-refractivity contribution in [2.75, 3.05) is 6.54 Å². The van der Waals surface area contributed by atoms with Gasteiger partial charge in [0.2, 0.25) is 0 Å². The summed E-state index contributed by atoms with van der Waals surface area (Å²) in [6, 6.07) is 0.537.